The molecule has 0 atom stereocenters. The summed E-state index contributed by atoms with van der Waals surface area (Å²) in [5.74, 6) is 0.798. The molecule has 0 aliphatic carbocycles. The largest absolute Gasteiger partial charge is 0.492 e. The number of hydrogen-bond donors (Lipinski definition) is 1. The van der Waals surface area contributed by atoms with Crippen molar-refractivity contribution in [2.24, 2.45) is 0 Å². The number of rotatable bonds is 6. The molecule has 0 bridgehead atoms. The zero-order chi connectivity index (χ0) is 17.7. The van der Waals surface area contributed by atoms with Gasteiger partial charge in [0.25, 0.3) is 10.1 Å². The fourth-order valence-electron chi connectivity index (χ4n) is 2.68. The van der Waals surface area contributed by atoms with E-state index in [4.69, 9.17) is 14.0 Å². The van der Waals surface area contributed by atoms with Crippen molar-refractivity contribution in [3.63, 3.8) is 0 Å². The molecule has 134 valence electrons. The zero-order valence-electron chi connectivity index (χ0n) is 13.8. The van der Waals surface area contributed by atoms with E-state index in [0.717, 1.165) is 49.7 Å². The van der Waals surface area contributed by atoms with E-state index in [0.29, 0.717) is 6.61 Å². The van der Waals surface area contributed by atoms with Crippen LogP contribution < -0.4 is 4.74 Å². The molecule has 2 aromatic rings. The number of benzene rings is 2. The van der Waals surface area contributed by atoms with Crippen LogP contribution in [0.4, 0.5) is 0 Å². The molecule has 1 heterocycles. The van der Waals surface area contributed by atoms with Crippen molar-refractivity contribution in [3.05, 3.63) is 48.5 Å². The fraction of sp³-hybridized carbons (Fsp3) is 0.333. The van der Waals surface area contributed by atoms with Crippen LogP contribution in [0.1, 0.15) is 0 Å². The van der Waals surface area contributed by atoms with Crippen LogP contribution in [-0.2, 0) is 14.9 Å². The quantitative estimate of drug-likeness (QED) is 0.794. The zero-order valence-corrected chi connectivity index (χ0v) is 14.6. The number of hydrogen-bond acceptors (Lipinski definition) is 5. The fourth-order valence-corrected chi connectivity index (χ4v) is 3.16. The maximum atomic E-state index is 11.1. The predicted molar refractivity (Wildman–Crippen MR) is 94.4 cm³/mol. The van der Waals surface area contributed by atoms with E-state index in [2.05, 4.69) is 4.90 Å². The van der Waals surface area contributed by atoms with E-state index in [1.54, 1.807) is 12.1 Å². The molecule has 1 aliphatic rings. The average Bonchev–Trinajstić information content (AvgIpc) is 2.63. The molecule has 0 radical (unpaired) electrons. The van der Waals surface area contributed by atoms with Gasteiger partial charge in [-0.3, -0.25) is 9.45 Å². The predicted octanol–water partition coefficient (Wildman–Crippen LogP) is 2.31. The molecule has 0 spiro atoms. The molecule has 1 fully saturated rings. The maximum absolute atomic E-state index is 11.1. The SMILES string of the molecule is O=S(=O)(O)c1ccc(-c2ccc(OCCN3CCOCC3)cc2)cc1. The molecule has 7 heteroatoms. The standard InChI is InChI=1S/C18H21NO5S/c20-25(21,22)18-7-3-16(4-8-18)15-1-5-17(6-2-15)24-14-11-19-9-12-23-13-10-19/h1-8H,9-14H2,(H,20,21,22). The van der Waals surface area contributed by atoms with Crippen LogP contribution in [-0.4, -0.2) is 57.3 Å². The van der Waals surface area contributed by atoms with Crippen molar-refractivity contribution >= 4 is 10.1 Å². The monoisotopic (exact) mass is 363 g/mol. The minimum atomic E-state index is -4.16. The van der Waals surface area contributed by atoms with Crippen molar-refractivity contribution in [1.82, 2.24) is 4.90 Å². The molecule has 6 nitrogen and oxygen atoms in total. The molecular formula is C18H21NO5S. The normalized spacial score (nSPS) is 15.9. The molecule has 0 saturated carbocycles. The third kappa shape index (κ3) is 5.02. The Bertz CT molecular complexity index is 781. The summed E-state index contributed by atoms with van der Waals surface area (Å²) in [7, 11) is -4.16. The Balaban J connectivity index is 1.56. The lowest BCUT2D eigenvalue weighted by molar-refractivity contribution is 0.0322. The Morgan fingerprint density at radius 3 is 2.08 bits per heavy atom. The highest BCUT2D eigenvalue weighted by atomic mass is 32.2. The summed E-state index contributed by atoms with van der Waals surface area (Å²) in [6.07, 6.45) is 0. The first-order valence-electron chi connectivity index (χ1n) is 8.13. The van der Waals surface area contributed by atoms with Gasteiger partial charge in [0, 0.05) is 19.6 Å². The first kappa shape index (κ1) is 17.9. The lowest BCUT2D eigenvalue weighted by atomic mass is 10.1. The van der Waals surface area contributed by atoms with Crippen molar-refractivity contribution < 1.29 is 22.4 Å². The molecule has 0 unspecified atom stereocenters. The highest BCUT2D eigenvalue weighted by Crippen LogP contribution is 2.23. The Labute approximate surface area is 147 Å². The highest BCUT2D eigenvalue weighted by molar-refractivity contribution is 7.85. The third-order valence-corrected chi connectivity index (χ3v) is 4.99. The summed E-state index contributed by atoms with van der Waals surface area (Å²) in [6.45, 7) is 4.96. The summed E-state index contributed by atoms with van der Waals surface area (Å²) >= 11 is 0. The minimum absolute atomic E-state index is 0.112. The summed E-state index contributed by atoms with van der Waals surface area (Å²) in [4.78, 5) is 2.20. The molecule has 0 aromatic heterocycles. The molecular weight excluding hydrogens is 342 g/mol. The second-order valence-corrected chi connectivity index (χ2v) is 7.25. The average molecular weight is 363 g/mol. The van der Waals surface area contributed by atoms with Gasteiger partial charge in [0.05, 0.1) is 18.1 Å². The Morgan fingerprint density at radius 2 is 1.52 bits per heavy atom. The summed E-state index contributed by atoms with van der Waals surface area (Å²) in [5, 5.41) is 0. The van der Waals surface area contributed by atoms with Gasteiger partial charge in [0.15, 0.2) is 0 Å². The van der Waals surface area contributed by atoms with Gasteiger partial charge < -0.3 is 9.47 Å². The Morgan fingerprint density at radius 1 is 0.960 bits per heavy atom. The van der Waals surface area contributed by atoms with Gasteiger partial charge >= 0.3 is 0 Å². The lowest BCUT2D eigenvalue weighted by Gasteiger charge is -2.26. The molecule has 1 N–H and O–H groups in total. The van der Waals surface area contributed by atoms with Crippen LogP contribution in [0.25, 0.3) is 11.1 Å². The number of ether oxygens (including phenoxy) is 2. The topological polar surface area (TPSA) is 76.1 Å². The maximum Gasteiger partial charge on any atom is 0.294 e. The summed E-state index contributed by atoms with van der Waals surface area (Å²) in [6, 6.07) is 13.7. The molecule has 25 heavy (non-hydrogen) atoms. The van der Waals surface area contributed by atoms with E-state index in [-0.39, 0.29) is 4.90 Å². The van der Waals surface area contributed by atoms with Gasteiger partial charge in [0.2, 0.25) is 0 Å². The van der Waals surface area contributed by atoms with Gasteiger partial charge in [0.1, 0.15) is 12.4 Å². The lowest BCUT2D eigenvalue weighted by Crippen LogP contribution is -2.38. The second-order valence-electron chi connectivity index (χ2n) is 5.83. The van der Waals surface area contributed by atoms with Gasteiger partial charge in [-0.15, -0.1) is 0 Å². The first-order valence-corrected chi connectivity index (χ1v) is 9.57. The van der Waals surface area contributed by atoms with Crippen molar-refractivity contribution in [1.29, 1.82) is 0 Å². The van der Waals surface area contributed by atoms with Crippen molar-refractivity contribution in [2.75, 3.05) is 39.5 Å². The van der Waals surface area contributed by atoms with Gasteiger partial charge in [-0.05, 0) is 35.4 Å². The van der Waals surface area contributed by atoms with Crippen LogP contribution in [0.2, 0.25) is 0 Å². The molecule has 1 aliphatic heterocycles. The Kier molecular flexibility index (Phi) is 5.70. The van der Waals surface area contributed by atoms with E-state index >= 15 is 0 Å². The molecule has 2 aromatic carbocycles. The van der Waals surface area contributed by atoms with Crippen LogP contribution >= 0.6 is 0 Å². The van der Waals surface area contributed by atoms with Gasteiger partial charge in [-0.2, -0.15) is 8.42 Å². The Hall–Kier alpha value is -1.93. The summed E-state index contributed by atoms with van der Waals surface area (Å²) < 4.78 is 42.2. The van der Waals surface area contributed by atoms with E-state index < -0.39 is 10.1 Å². The molecule has 3 rings (SSSR count). The molecule has 0 amide bonds. The number of nitrogens with zero attached hydrogens (tertiary/aromatic N) is 1. The second kappa shape index (κ2) is 7.97. The summed E-state index contributed by atoms with van der Waals surface area (Å²) in [5.41, 5.74) is 1.81. The third-order valence-electron chi connectivity index (χ3n) is 4.12. The highest BCUT2D eigenvalue weighted by Gasteiger charge is 2.10. The minimum Gasteiger partial charge on any atom is -0.492 e. The van der Waals surface area contributed by atoms with Gasteiger partial charge in [-0.25, -0.2) is 0 Å². The van der Waals surface area contributed by atoms with E-state index in [9.17, 15) is 8.42 Å². The number of morpholine rings is 1. The van der Waals surface area contributed by atoms with Crippen LogP contribution in [0, 0.1) is 0 Å². The first-order chi connectivity index (χ1) is 12.0. The van der Waals surface area contributed by atoms with Crippen LogP contribution in [0.3, 0.4) is 0 Å². The van der Waals surface area contributed by atoms with Crippen molar-refractivity contribution in [2.45, 2.75) is 4.90 Å². The van der Waals surface area contributed by atoms with Crippen LogP contribution in [0.5, 0.6) is 5.75 Å². The van der Waals surface area contributed by atoms with E-state index in [1.807, 2.05) is 24.3 Å². The smallest absolute Gasteiger partial charge is 0.294 e. The van der Waals surface area contributed by atoms with Gasteiger partial charge in [-0.1, -0.05) is 24.3 Å². The van der Waals surface area contributed by atoms with Crippen LogP contribution in [0.15, 0.2) is 53.4 Å². The van der Waals surface area contributed by atoms with E-state index in [1.165, 1.54) is 12.1 Å². The molecule has 1 saturated heterocycles. The van der Waals surface area contributed by atoms with Crippen molar-refractivity contribution in [3.8, 4) is 16.9 Å².